The molecule has 104 valence electrons. The maximum Gasteiger partial charge on any atom is 0.227 e. The van der Waals surface area contributed by atoms with Gasteiger partial charge in [0.25, 0.3) is 0 Å². The molecular weight excluding hydrogens is 264 g/mol. The highest BCUT2D eigenvalue weighted by molar-refractivity contribution is 6.31. The predicted molar refractivity (Wildman–Crippen MR) is 75.2 cm³/mol. The molecule has 19 heavy (non-hydrogen) atoms. The summed E-state index contributed by atoms with van der Waals surface area (Å²) in [7, 11) is 1.84. The second-order valence-corrected chi connectivity index (χ2v) is 5.20. The summed E-state index contributed by atoms with van der Waals surface area (Å²) in [5.74, 6) is -0.140. The van der Waals surface area contributed by atoms with E-state index in [4.69, 9.17) is 16.3 Å². The lowest BCUT2D eigenvalue weighted by Gasteiger charge is -2.21. The van der Waals surface area contributed by atoms with Gasteiger partial charge in [-0.25, -0.2) is 0 Å². The number of halogens is 1. The molecule has 1 aliphatic heterocycles. The van der Waals surface area contributed by atoms with E-state index in [-0.39, 0.29) is 23.9 Å². The molecule has 3 atom stereocenters. The van der Waals surface area contributed by atoms with Crippen molar-refractivity contribution in [1.29, 1.82) is 0 Å². The lowest BCUT2D eigenvalue weighted by Crippen LogP contribution is -2.43. The minimum absolute atomic E-state index is 0.00395. The number of carbonyl (C=O) groups excluding carboxylic acids is 1. The van der Waals surface area contributed by atoms with Crippen molar-refractivity contribution >= 4 is 17.5 Å². The minimum Gasteiger partial charge on any atom is -0.379 e. The molecule has 0 bridgehead atoms. The van der Waals surface area contributed by atoms with Crippen LogP contribution in [-0.2, 0) is 9.53 Å². The molecule has 2 rings (SSSR count). The smallest absolute Gasteiger partial charge is 0.227 e. The SMILES string of the molecule is CNC1COCC1C(=O)N[C@H](C)c1ccccc1Cl. The van der Waals surface area contributed by atoms with Gasteiger partial charge >= 0.3 is 0 Å². The van der Waals surface area contributed by atoms with Gasteiger partial charge in [-0.05, 0) is 25.6 Å². The summed E-state index contributed by atoms with van der Waals surface area (Å²) in [4.78, 5) is 12.2. The first-order valence-electron chi connectivity index (χ1n) is 6.43. The molecule has 1 aromatic rings. The first kappa shape index (κ1) is 14.3. The molecule has 1 heterocycles. The van der Waals surface area contributed by atoms with Gasteiger partial charge in [0.15, 0.2) is 0 Å². The van der Waals surface area contributed by atoms with Crippen LogP contribution in [-0.4, -0.2) is 32.2 Å². The highest BCUT2D eigenvalue weighted by atomic mass is 35.5. The Morgan fingerprint density at radius 3 is 2.84 bits per heavy atom. The quantitative estimate of drug-likeness (QED) is 0.885. The molecule has 0 spiro atoms. The molecule has 1 fully saturated rings. The van der Waals surface area contributed by atoms with Crippen molar-refractivity contribution in [3.63, 3.8) is 0 Å². The molecule has 0 saturated carbocycles. The Morgan fingerprint density at radius 2 is 2.16 bits per heavy atom. The van der Waals surface area contributed by atoms with Crippen molar-refractivity contribution in [2.24, 2.45) is 5.92 Å². The number of amides is 1. The second kappa shape index (κ2) is 6.37. The minimum atomic E-state index is -0.144. The van der Waals surface area contributed by atoms with E-state index >= 15 is 0 Å². The highest BCUT2D eigenvalue weighted by Gasteiger charge is 2.33. The van der Waals surface area contributed by atoms with E-state index in [9.17, 15) is 4.79 Å². The molecule has 2 N–H and O–H groups in total. The van der Waals surface area contributed by atoms with Crippen LogP contribution < -0.4 is 10.6 Å². The zero-order valence-electron chi connectivity index (χ0n) is 11.2. The van der Waals surface area contributed by atoms with Gasteiger partial charge in [-0.15, -0.1) is 0 Å². The lowest BCUT2D eigenvalue weighted by atomic mass is 10.0. The van der Waals surface area contributed by atoms with Crippen LogP contribution in [0.1, 0.15) is 18.5 Å². The van der Waals surface area contributed by atoms with Crippen LogP contribution in [0.5, 0.6) is 0 Å². The number of ether oxygens (including phenoxy) is 1. The molecular formula is C14H19ClN2O2. The van der Waals surface area contributed by atoms with Gasteiger partial charge in [0.2, 0.25) is 5.91 Å². The Labute approximate surface area is 118 Å². The molecule has 0 aromatic heterocycles. The molecule has 0 radical (unpaired) electrons. The standard InChI is InChI=1S/C14H19ClN2O2/c1-9(10-5-3-4-6-12(10)15)17-14(18)11-7-19-8-13(11)16-2/h3-6,9,11,13,16H,7-8H2,1-2H3,(H,17,18)/t9-,11?,13?/m1/s1. The van der Waals surface area contributed by atoms with Crippen LogP contribution in [0.25, 0.3) is 0 Å². The Morgan fingerprint density at radius 1 is 1.42 bits per heavy atom. The van der Waals surface area contributed by atoms with Crippen molar-refractivity contribution in [2.45, 2.75) is 19.0 Å². The molecule has 0 aliphatic carbocycles. The summed E-state index contributed by atoms with van der Waals surface area (Å²) in [6, 6.07) is 7.52. The molecule has 1 aromatic carbocycles. The highest BCUT2D eigenvalue weighted by Crippen LogP contribution is 2.23. The van der Waals surface area contributed by atoms with E-state index in [0.717, 1.165) is 5.56 Å². The van der Waals surface area contributed by atoms with E-state index < -0.39 is 0 Å². The molecule has 1 saturated heterocycles. The average Bonchev–Trinajstić information content (AvgIpc) is 2.87. The number of hydrogen-bond donors (Lipinski definition) is 2. The average molecular weight is 283 g/mol. The van der Waals surface area contributed by atoms with E-state index in [1.807, 2.05) is 38.2 Å². The first-order chi connectivity index (χ1) is 9.13. The van der Waals surface area contributed by atoms with Crippen molar-refractivity contribution in [3.05, 3.63) is 34.9 Å². The van der Waals surface area contributed by atoms with Crippen LogP contribution in [0.3, 0.4) is 0 Å². The Hall–Kier alpha value is -1.10. The van der Waals surface area contributed by atoms with Gasteiger partial charge in [0.05, 0.1) is 25.2 Å². The first-order valence-corrected chi connectivity index (χ1v) is 6.81. The van der Waals surface area contributed by atoms with Crippen LogP contribution in [0.4, 0.5) is 0 Å². The van der Waals surface area contributed by atoms with E-state index in [0.29, 0.717) is 18.2 Å². The zero-order valence-corrected chi connectivity index (χ0v) is 11.9. The maximum absolute atomic E-state index is 12.2. The summed E-state index contributed by atoms with van der Waals surface area (Å²) in [5, 5.41) is 6.78. The predicted octanol–water partition coefficient (Wildman–Crippen LogP) is 1.75. The van der Waals surface area contributed by atoms with E-state index in [2.05, 4.69) is 10.6 Å². The number of carbonyl (C=O) groups is 1. The van der Waals surface area contributed by atoms with Crippen molar-refractivity contribution in [3.8, 4) is 0 Å². The number of hydrogen-bond acceptors (Lipinski definition) is 3. The summed E-state index contributed by atoms with van der Waals surface area (Å²) >= 11 is 6.13. The third-order valence-corrected chi connectivity index (χ3v) is 3.86. The van der Waals surface area contributed by atoms with E-state index in [1.165, 1.54) is 0 Å². The monoisotopic (exact) mass is 282 g/mol. The maximum atomic E-state index is 12.2. The van der Waals surface area contributed by atoms with Crippen molar-refractivity contribution < 1.29 is 9.53 Å². The fraction of sp³-hybridized carbons (Fsp3) is 0.500. The van der Waals surface area contributed by atoms with Gasteiger partial charge in [0, 0.05) is 11.1 Å². The van der Waals surface area contributed by atoms with Crippen LogP contribution >= 0.6 is 11.6 Å². The number of likely N-dealkylation sites (N-methyl/N-ethyl adjacent to an activating group) is 1. The molecule has 1 amide bonds. The fourth-order valence-electron chi connectivity index (χ4n) is 2.32. The van der Waals surface area contributed by atoms with Gasteiger partial charge in [-0.2, -0.15) is 0 Å². The molecule has 4 nitrogen and oxygen atoms in total. The Bertz CT molecular complexity index is 453. The number of rotatable bonds is 4. The third-order valence-electron chi connectivity index (χ3n) is 3.52. The number of nitrogens with one attached hydrogen (secondary N) is 2. The molecule has 2 unspecified atom stereocenters. The summed E-state index contributed by atoms with van der Waals surface area (Å²) in [6.07, 6.45) is 0. The van der Waals surface area contributed by atoms with Gasteiger partial charge in [-0.1, -0.05) is 29.8 Å². The van der Waals surface area contributed by atoms with Crippen molar-refractivity contribution in [1.82, 2.24) is 10.6 Å². The van der Waals surface area contributed by atoms with E-state index in [1.54, 1.807) is 0 Å². The number of benzene rings is 1. The largest absolute Gasteiger partial charge is 0.379 e. The Balaban J connectivity index is 2.01. The van der Waals surface area contributed by atoms with Gasteiger partial charge < -0.3 is 15.4 Å². The summed E-state index contributed by atoms with van der Waals surface area (Å²) in [5.41, 5.74) is 0.928. The third kappa shape index (κ3) is 3.26. The topological polar surface area (TPSA) is 50.4 Å². The molecule has 1 aliphatic rings. The Kier molecular flexibility index (Phi) is 4.80. The summed E-state index contributed by atoms with van der Waals surface area (Å²) < 4.78 is 5.34. The van der Waals surface area contributed by atoms with Gasteiger partial charge in [-0.3, -0.25) is 4.79 Å². The fourth-order valence-corrected chi connectivity index (χ4v) is 2.62. The van der Waals surface area contributed by atoms with Gasteiger partial charge in [0.1, 0.15) is 0 Å². The van der Waals surface area contributed by atoms with Crippen LogP contribution in [0.15, 0.2) is 24.3 Å². The second-order valence-electron chi connectivity index (χ2n) is 4.79. The van der Waals surface area contributed by atoms with Crippen LogP contribution in [0, 0.1) is 5.92 Å². The van der Waals surface area contributed by atoms with Crippen molar-refractivity contribution in [2.75, 3.05) is 20.3 Å². The lowest BCUT2D eigenvalue weighted by molar-refractivity contribution is -0.126. The zero-order chi connectivity index (χ0) is 13.8. The summed E-state index contributed by atoms with van der Waals surface area (Å²) in [6.45, 7) is 2.98. The normalized spacial score (nSPS) is 24.2. The molecule has 5 heteroatoms. The van der Waals surface area contributed by atoms with Crippen LogP contribution in [0.2, 0.25) is 5.02 Å².